The van der Waals surface area contributed by atoms with Gasteiger partial charge in [-0.25, -0.2) is 13.6 Å². The number of benzene rings is 1. The number of rotatable bonds is 10. The number of guanidine groups is 1. The van der Waals surface area contributed by atoms with Gasteiger partial charge in [0.05, 0.1) is 34.3 Å². The van der Waals surface area contributed by atoms with Crippen molar-refractivity contribution < 1.29 is 8.78 Å². The molecule has 4 heterocycles. The van der Waals surface area contributed by atoms with E-state index in [-0.39, 0.29) is 51.7 Å². The molecule has 1 aliphatic rings. The molecule has 0 radical (unpaired) electrons. The van der Waals surface area contributed by atoms with Crippen molar-refractivity contribution in [2.45, 2.75) is 70.0 Å². The van der Waals surface area contributed by atoms with E-state index in [1.165, 1.54) is 23.0 Å². The van der Waals surface area contributed by atoms with E-state index in [1.807, 2.05) is 6.92 Å². The van der Waals surface area contributed by atoms with Crippen LogP contribution in [0.15, 0.2) is 41.5 Å². The smallest absolute Gasteiger partial charge is 0.354 e. The summed E-state index contributed by atoms with van der Waals surface area (Å²) < 4.78 is 31.7. The molecule has 1 aliphatic heterocycles. The molecule has 0 amide bonds. The molecular weight excluding hydrogens is 576 g/mol. The summed E-state index contributed by atoms with van der Waals surface area (Å²) in [6, 6.07) is 6.26. The van der Waals surface area contributed by atoms with E-state index in [1.54, 1.807) is 18.2 Å². The van der Waals surface area contributed by atoms with E-state index in [0.29, 0.717) is 24.0 Å². The number of aryl methyl sites for hydroxylation is 1. The van der Waals surface area contributed by atoms with Crippen molar-refractivity contribution in [2.24, 2.45) is 11.5 Å². The number of pyridine rings is 1. The summed E-state index contributed by atoms with van der Waals surface area (Å²) in [7, 11) is 0. The maximum atomic E-state index is 15.4. The topological polar surface area (TPSA) is 164 Å². The Morgan fingerprint density at radius 2 is 2.09 bits per heavy atom. The van der Waals surface area contributed by atoms with Gasteiger partial charge in [-0.3, -0.25) is 15.0 Å². The Balaban J connectivity index is 1.38. The molecule has 0 saturated carbocycles. The average Bonchev–Trinajstić information content (AvgIpc) is 3.36. The quantitative estimate of drug-likeness (QED) is 0.114. The molecule has 3 aromatic heterocycles. The summed E-state index contributed by atoms with van der Waals surface area (Å²) in [4.78, 5) is 24.5. The Bertz CT molecular complexity index is 1690. The third-order valence-corrected chi connectivity index (χ3v) is 8.04. The molecule has 0 spiro atoms. The standard InChI is InChI=1S/C30H36ClF2N9O/c1-16(34)4-2-5-17-10-21(26(33)22(31)11-17)25-12-18-15-42(30(43)41-28(18)40-25)20-13-23(32)27(38-14-20)24-7-3-6-19(39-24)8-9-37-29(35)36/h10-16,19,24,39H,2-9,34H2,1H3,(H4,35,36,37)(H,40,41,43)/t16-,19-,24-/m0/s1. The van der Waals surface area contributed by atoms with Crippen LogP contribution < -0.4 is 27.8 Å². The molecule has 8 N–H and O–H groups in total. The number of hydrogen-bond donors (Lipinski definition) is 6. The summed E-state index contributed by atoms with van der Waals surface area (Å²) in [5.41, 5.74) is 12.9. The van der Waals surface area contributed by atoms with E-state index in [2.05, 4.69) is 25.6 Å². The number of piperidine rings is 1. The minimum Gasteiger partial charge on any atom is -0.370 e. The molecule has 1 saturated heterocycles. The highest BCUT2D eigenvalue weighted by molar-refractivity contribution is 6.31. The second-order valence-electron chi connectivity index (χ2n) is 11.2. The Labute approximate surface area is 252 Å². The Morgan fingerprint density at radius 3 is 2.84 bits per heavy atom. The minimum atomic E-state index is -0.633. The molecule has 0 aliphatic carbocycles. The predicted molar refractivity (Wildman–Crippen MR) is 164 cm³/mol. The normalized spacial score (nSPS) is 17.7. The molecule has 43 heavy (non-hydrogen) atoms. The van der Waals surface area contributed by atoms with Gasteiger partial charge < -0.3 is 27.1 Å². The third-order valence-electron chi connectivity index (χ3n) is 7.77. The molecule has 3 atom stereocenters. The van der Waals surface area contributed by atoms with Crippen molar-refractivity contribution in [3.63, 3.8) is 0 Å². The van der Waals surface area contributed by atoms with Gasteiger partial charge in [-0.05, 0) is 75.6 Å². The van der Waals surface area contributed by atoms with Gasteiger partial charge in [0.25, 0.3) is 0 Å². The zero-order valence-corrected chi connectivity index (χ0v) is 24.6. The summed E-state index contributed by atoms with van der Waals surface area (Å²) in [6.45, 7) is 2.49. The first-order valence-electron chi connectivity index (χ1n) is 14.4. The second kappa shape index (κ2) is 13.2. The number of hydrogen-bond acceptors (Lipinski definition) is 6. The van der Waals surface area contributed by atoms with Crippen LogP contribution in [0.3, 0.4) is 0 Å². The average molecular weight is 612 g/mol. The van der Waals surface area contributed by atoms with Crippen LogP contribution in [0.5, 0.6) is 0 Å². The van der Waals surface area contributed by atoms with Crippen molar-refractivity contribution in [1.29, 1.82) is 5.41 Å². The first kappa shape index (κ1) is 30.6. The first-order chi connectivity index (χ1) is 20.6. The molecule has 1 fully saturated rings. The van der Waals surface area contributed by atoms with E-state index in [0.717, 1.165) is 44.1 Å². The Hall–Kier alpha value is -3.87. The number of nitrogens with zero attached hydrogens (tertiary/aromatic N) is 3. The van der Waals surface area contributed by atoms with Crippen LogP contribution in [0.25, 0.3) is 28.0 Å². The molecule has 4 aromatic rings. The first-order valence-corrected chi connectivity index (χ1v) is 14.8. The lowest BCUT2D eigenvalue weighted by molar-refractivity contribution is 0.302. The van der Waals surface area contributed by atoms with Gasteiger partial charge >= 0.3 is 5.69 Å². The van der Waals surface area contributed by atoms with Gasteiger partial charge in [-0.1, -0.05) is 11.6 Å². The summed E-state index contributed by atoms with van der Waals surface area (Å²) >= 11 is 6.22. The van der Waals surface area contributed by atoms with E-state index in [4.69, 9.17) is 28.5 Å². The number of aromatic amines is 1. The summed E-state index contributed by atoms with van der Waals surface area (Å²) in [6.07, 6.45) is 8.66. The van der Waals surface area contributed by atoms with Gasteiger partial charge in [-0.15, -0.1) is 0 Å². The lowest BCUT2D eigenvalue weighted by atomic mass is 9.94. The SMILES string of the molecule is C[C@H](N)CCCc1cc(Cl)c(F)c(-c2cc3cn(-c4cnc([C@@H]5CCC[C@@H](CCNC(=N)N)N5)c(F)c4)c(=O)nc3[nH]2)c1. The Morgan fingerprint density at radius 1 is 1.28 bits per heavy atom. The molecule has 5 rings (SSSR count). The number of halogens is 3. The summed E-state index contributed by atoms with van der Waals surface area (Å²) in [5.74, 6) is -1.18. The third kappa shape index (κ3) is 7.20. The fraction of sp³-hybridized carbons (Fsp3) is 0.400. The van der Waals surface area contributed by atoms with Gasteiger partial charge in [0.15, 0.2) is 11.8 Å². The highest BCUT2D eigenvalue weighted by Crippen LogP contribution is 2.32. The lowest BCUT2D eigenvalue weighted by Crippen LogP contribution is -2.41. The van der Waals surface area contributed by atoms with Gasteiger partial charge in [0.1, 0.15) is 11.5 Å². The van der Waals surface area contributed by atoms with Crippen LogP contribution in [0.4, 0.5) is 8.78 Å². The van der Waals surface area contributed by atoms with Gasteiger partial charge in [0.2, 0.25) is 0 Å². The van der Waals surface area contributed by atoms with Crippen LogP contribution in [0.2, 0.25) is 5.02 Å². The number of fused-ring (bicyclic) bond motifs is 1. The molecule has 1 aromatic carbocycles. The molecule has 0 bridgehead atoms. The van der Waals surface area contributed by atoms with Crippen LogP contribution in [-0.2, 0) is 6.42 Å². The number of nitrogens with two attached hydrogens (primary N) is 2. The van der Waals surface area contributed by atoms with E-state index < -0.39 is 17.3 Å². The zero-order chi connectivity index (χ0) is 30.7. The highest BCUT2D eigenvalue weighted by Gasteiger charge is 2.26. The lowest BCUT2D eigenvalue weighted by Gasteiger charge is -2.31. The largest absolute Gasteiger partial charge is 0.370 e. The summed E-state index contributed by atoms with van der Waals surface area (Å²) in [5, 5.41) is 14.1. The fourth-order valence-electron chi connectivity index (χ4n) is 5.61. The number of H-pyrrole nitrogens is 1. The van der Waals surface area contributed by atoms with E-state index >= 15 is 8.78 Å². The molecule has 10 nitrogen and oxygen atoms in total. The maximum absolute atomic E-state index is 15.4. The monoisotopic (exact) mass is 611 g/mol. The fourth-order valence-corrected chi connectivity index (χ4v) is 5.85. The van der Waals surface area contributed by atoms with Crippen LogP contribution in [0, 0.1) is 17.0 Å². The molecular formula is C30H36ClF2N9O. The number of nitrogens with one attached hydrogen (secondary N) is 4. The minimum absolute atomic E-state index is 0.00707. The van der Waals surface area contributed by atoms with Crippen LogP contribution in [-0.4, -0.2) is 44.1 Å². The number of aromatic nitrogens is 4. The van der Waals surface area contributed by atoms with Crippen molar-refractivity contribution in [3.05, 3.63) is 75.1 Å². The van der Waals surface area contributed by atoms with Crippen LogP contribution in [0.1, 0.15) is 62.7 Å². The highest BCUT2D eigenvalue weighted by atomic mass is 35.5. The van der Waals surface area contributed by atoms with Crippen molar-refractivity contribution in [2.75, 3.05) is 6.54 Å². The van der Waals surface area contributed by atoms with Gasteiger partial charge in [-0.2, -0.15) is 4.98 Å². The van der Waals surface area contributed by atoms with E-state index in [9.17, 15) is 4.79 Å². The second-order valence-corrected chi connectivity index (χ2v) is 11.6. The zero-order valence-electron chi connectivity index (χ0n) is 23.9. The van der Waals surface area contributed by atoms with Crippen LogP contribution >= 0.6 is 11.6 Å². The van der Waals surface area contributed by atoms with Crippen molar-refractivity contribution in [1.82, 2.24) is 30.2 Å². The van der Waals surface area contributed by atoms with Crippen molar-refractivity contribution >= 4 is 28.6 Å². The maximum Gasteiger partial charge on any atom is 0.354 e. The molecule has 228 valence electrons. The molecule has 13 heteroatoms. The molecule has 0 unspecified atom stereocenters. The van der Waals surface area contributed by atoms with Gasteiger partial charge in [0, 0.05) is 41.8 Å². The Kier molecular flexibility index (Phi) is 9.38. The predicted octanol–water partition coefficient (Wildman–Crippen LogP) is 4.43. The van der Waals surface area contributed by atoms with Crippen molar-refractivity contribution in [3.8, 4) is 16.9 Å².